The average Bonchev–Trinajstić information content (AvgIpc) is 2.41. The molecule has 0 aromatic heterocycles. The number of amides is 1. The fourth-order valence-electron chi connectivity index (χ4n) is 2.08. The second-order valence-electron chi connectivity index (χ2n) is 4.47. The zero-order valence-corrected chi connectivity index (χ0v) is 13.2. The van der Waals surface area contributed by atoms with Crippen molar-refractivity contribution >= 4 is 37.8 Å². The zero-order valence-electron chi connectivity index (χ0n) is 10.8. The monoisotopic (exact) mass is 376 g/mol. The number of hydrogen-bond donors (Lipinski definition) is 2. The van der Waals surface area contributed by atoms with E-state index in [-0.39, 0.29) is 18.0 Å². The van der Waals surface area contributed by atoms with Crippen molar-refractivity contribution in [2.45, 2.75) is 17.4 Å². The first-order chi connectivity index (χ1) is 9.82. The van der Waals surface area contributed by atoms with E-state index in [2.05, 4.69) is 21.2 Å². The van der Waals surface area contributed by atoms with Gasteiger partial charge >= 0.3 is 5.97 Å². The second-order valence-corrected chi connectivity index (χ2v) is 7.28. The maximum atomic E-state index is 12.6. The van der Waals surface area contributed by atoms with E-state index in [0.717, 1.165) is 8.78 Å². The van der Waals surface area contributed by atoms with Gasteiger partial charge < -0.3 is 10.4 Å². The van der Waals surface area contributed by atoms with Crippen LogP contribution in [0.4, 0.5) is 0 Å². The number of halogens is 1. The molecule has 1 unspecified atom stereocenters. The molecule has 1 aromatic carbocycles. The number of aliphatic carboxylic acids is 1. The van der Waals surface area contributed by atoms with Gasteiger partial charge in [0.25, 0.3) is 0 Å². The van der Waals surface area contributed by atoms with Crippen LogP contribution in [0, 0.1) is 0 Å². The Kier molecular flexibility index (Phi) is 4.64. The standard InChI is InChI=1S/C12H13BrN2O5S/c13-8-1-3-9(4-2-8)21(19,20)15-6-5-14-12(18)10(15)7-11(16)17/h1-4,10H,5-7H2,(H,14,18)(H,16,17). The molecule has 2 rings (SSSR count). The minimum Gasteiger partial charge on any atom is -0.481 e. The predicted octanol–water partition coefficient (Wildman–Crippen LogP) is 0.413. The smallest absolute Gasteiger partial charge is 0.305 e. The van der Waals surface area contributed by atoms with Crippen molar-refractivity contribution in [3.8, 4) is 0 Å². The van der Waals surface area contributed by atoms with Crippen LogP contribution in [0.1, 0.15) is 6.42 Å². The van der Waals surface area contributed by atoms with Crippen molar-refractivity contribution in [1.29, 1.82) is 0 Å². The Hall–Kier alpha value is -1.45. The summed E-state index contributed by atoms with van der Waals surface area (Å²) in [4.78, 5) is 22.7. The van der Waals surface area contributed by atoms with Crippen molar-refractivity contribution < 1.29 is 23.1 Å². The third-order valence-electron chi connectivity index (χ3n) is 3.07. The van der Waals surface area contributed by atoms with Crippen LogP contribution in [0.25, 0.3) is 0 Å². The molecule has 1 aliphatic heterocycles. The highest BCUT2D eigenvalue weighted by Gasteiger charge is 2.39. The molecule has 9 heteroatoms. The quantitative estimate of drug-likeness (QED) is 0.791. The first-order valence-corrected chi connectivity index (χ1v) is 8.32. The van der Waals surface area contributed by atoms with Gasteiger partial charge in [-0.15, -0.1) is 0 Å². The lowest BCUT2D eigenvalue weighted by molar-refractivity contribution is -0.141. The first-order valence-electron chi connectivity index (χ1n) is 6.09. The van der Waals surface area contributed by atoms with Gasteiger partial charge in [-0.05, 0) is 24.3 Å². The topological polar surface area (TPSA) is 104 Å². The van der Waals surface area contributed by atoms with Gasteiger partial charge in [-0.25, -0.2) is 8.42 Å². The number of piperazine rings is 1. The number of carboxylic acid groups (broad SMARTS) is 1. The van der Waals surface area contributed by atoms with E-state index in [1.807, 2.05) is 0 Å². The third kappa shape index (κ3) is 3.42. The summed E-state index contributed by atoms with van der Waals surface area (Å²) < 4.78 is 26.8. The Balaban J connectivity index is 2.38. The number of sulfonamides is 1. The van der Waals surface area contributed by atoms with E-state index in [4.69, 9.17) is 5.11 Å². The highest BCUT2D eigenvalue weighted by molar-refractivity contribution is 9.10. The number of carbonyl (C=O) groups excluding carboxylic acids is 1. The zero-order chi connectivity index (χ0) is 15.6. The molecule has 0 bridgehead atoms. The van der Waals surface area contributed by atoms with Crippen molar-refractivity contribution in [2.24, 2.45) is 0 Å². The molecule has 1 saturated heterocycles. The van der Waals surface area contributed by atoms with Gasteiger partial charge in [0.05, 0.1) is 11.3 Å². The Morgan fingerprint density at radius 3 is 2.57 bits per heavy atom. The molecule has 0 radical (unpaired) electrons. The highest BCUT2D eigenvalue weighted by Crippen LogP contribution is 2.23. The van der Waals surface area contributed by atoms with Crippen LogP contribution >= 0.6 is 15.9 Å². The van der Waals surface area contributed by atoms with Crippen LogP contribution in [0.5, 0.6) is 0 Å². The van der Waals surface area contributed by atoms with Gasteiger partial charge in [0.2, 0.25) is 15.9 Å². The molecule has 1 heterocycles. The molecule has 0 spiro atoms. The van der Waals surface area contributed by atoms with Crippen molar-refractivity contribution in [1.82, 2.24) is 9.62 Å². The summed E-state index contributed by atoms with van der Waals surface area (Å²) in [5.41, 5.74) is 0. The van der Waals surface area contributed by atoms with Crippen LogP contribution in [-0.4, -0.2) is 48.8 Å². The number of nitrogens with one attached hydrogen (secondary N) is 1. The van der Waals surface area contributed by atoms with Crippen molar-refractivity contribution in [2.75, 3.05) is 13.1 Å². The highest BCUT2D eigenvalue weighted by atomic mass is 79.9. The molecule has 1 amide bonds. The average molecular weight is 377 g/mol. The lowest BCUT2D eigenvalue weighted by Gasteiger charge is -2.33. The summed E-state index contributed by atoms with van der Waals surface area (Å²) in [5.74, 6) is -1.82. The van der Waals surface area contributed by atoms with E-state index in [1.165, 1.54) is 12.1 Å². The molecule has 0 aliphatic carbocycles. The minimum absolute atomic E-state index is 0.0239. The molecular weight excluding hydrogens is 364 g/mol. The number of rotatable bonds is 4. The molecule has 1 fully saturated rings. The van der Waals surface area contributed by atoms with Crippen LogP contribution in [0.2, 0.25) is 0 Å². The number of nitrogens with zero attached hydrogens (tertiary/aromatic N) is 1. The Morgan fingerprint density at radius 1 is 1.38 bits per heavy atom. The largest absolute Gasteiger partial charge is 0.481 e. The molecule has 21 heavy (non-hydrogen) atoms. The predicted molar refractivity (Wildman–Crippen MR) is 77.1 cm³/mol. The Labute approximate surface area is 130 Å². The molecule has 0 saturated carbocycles. The molecule has 1 aromatic rings. The number of benzene rings is 1. The molecular formula is C12H13BrN2O5S. The number of carboxylic acids is 1. The van der Waals surface area contributed by atoms with E-state index in [9.17, 15) is 18.0 Å². The van der Waals surface area contributed by atoms with Crippen LogP contribution in [0.3, 0.4) is 0 Å². The van der Waals surface area contributed by atoms with E-state index >= 15 is 0 Å². The lowest BCUT2D eigenvalue weighted by Crippen LogP contribution is -2.57. The van der Waals surface area contributed by atoms with Crippen LogP contribution < -0.4 is 5.32 Å². The number of hydrogen-bond acceptors (Lipinski definition) is 4. The van der Waals surface area contributed by atoms with Gasteiger partial charge in [-0.1, -0.05) is 15.9 Å². The summed E-state index contributed by atoms with van der Waals surface area (Å²) in [6.45, 7) is 0.201. The summed E-state index contributed by atoms with van der Waals surface area (Å²) in [6.07, 6.45) is -0.568. The van der Waals surface area contributed by atoms with Crippen LogP contribution in [0.15, 0.2) is 33.6 Å². The summed E-state index contributed by atoms with van der Waals surface area (Å²) in [5, 5.41) is 11.4. The molecule has 2 N–H and O–H groups in total. The van der Waals surface area contributed by atoms with E-state index in [1.54, 1.807) is 12.1 Å². The van der Waals surface area contributed by atoms with Gasteiger partial charge in [0.1, 0.15) is 6.04 Å². The minimum atomic E-state index is -3.92. The Morgan fingerprint density at radius 2 is 2.00 bits per heavy atom. The fourth-order valence-corrected chi connectivity index (χ4v) is 3.94. The normalized spacial score (nSPS) is 20.0. The maximum Gasteiger partial charge on any atom is 0.305 e. The van der Waals surface area contributed by atoms with Gasteiger partial charge in [0, 0.05) is 17.6 Å². The lowest BCUT2D eigenvalue weighted by atomic mass is 10.1. The van der Waals surface area contributed by atoms with Crippen LogP contribution in [-0.2, 0) is 19.6 Å². The molecule has 114 valence electrons. The summed E-state index contributed by atoms with van der Waals surface area (Å²) in [6, 6.07) is 4.73. The first kappa shape index (κ1) is 15.9. The summed E-state index contributed by atoms with van der Waals surface area (Å²) in [7, 11) is -3.92. The van der Waals surface area contributed by atoms with E-state index < -0.39 is 34.4 Å². The fraction of sp³-hybridized carbons (Fsp3) is 0.333. The summed E-state index contributed by atoms with van der Waals surface area (Å²) >= 11 is 3.21. The second kappa shape index (κ2) is 6.12. The molecule has 7 nitrogen and oxygen atoms in total. The third-order valence-corrected chi connectivity index (χ3v) is 5.52. The molecule has 1 atom stereocenters. The van der Waals surface area contributed by atoms with E-state index in [0.29, 0.717) is 0 Å². The SMILES string of the molecule is O=C(O)CC1C(=O)NCCN1S(=O)(=O)c1ccc(Br)cc1. The van der Waals surface area contributed by atoms with Crippen molar-refractivity contribution in [3.63, 3.8) is 0 Å². The Bertz CT molecular complexity index is 659. The van der Waals surface area contributed by atoms with Gasteiger partial charge in [0.15, 0.2) is 0 Å². The van der Waals surface area contributed by atoms with Gasteiger partial charge in [-0.2, -0.15) is 4.31 Å². The number of carbonyl (C=O) groups is 2. The van der Waals surface area contributed by atoms with Crippen molar-refractivity contribution in [3.05, 3.63) is 28.7 Å². The maximum absolute atomic E-state index is 12.6. The van der Waals surface area contributed by atoms with Gasteiger partial charge in [-0.3, -0.25) is 9.59 Å². The molecule has 1 aliphatic rings.